The quantitative estimate of drug-likeness (QED) is 0.155. The van der Waals surface area contributed by atoms with E-state index < -0.39 is 35.7 Å². The lowest BCUT2D eigenvalue weighted by molar-refractivity contribution is -0.284. The fourth-order valence-corrected chi connectivity index (χ4v) is 9.04. The average Bonchev–Trinajstić information content (AvgIpc) is 3.17. The van der Waals surface area contributed by atoms with Crippen LogP contribution in [0.25, 0.3) is 0 Å². The van der Waals surface area contributed by atoms with Gasteiger partial charge in [-0.15, -0.1) is 0 Å². The van der Waals surface area contributed by atoms with Crippen molar-refractivity contribution < 1.29 is 36.6 Å². The van der Waals surface area contributed by atoms with Gasteiger partial charge in [-0.05, 0) is 113 Å². The van der Waals surface area contributed by atoms with Gasteiger partial charge in [0, 0.05) is 17.8 Å². The van der Waals surface area contributed by atoms with Gasteiger partial charge in [0.2, 0.25) is 0 Å². The first-order valence-electron chi connectivity index (χ1n) is 16.5. The van der Waals surface area contributed by atoms with Crippen LogP contribution in [0, 0.1) is 23.2 Å². The molecule has 0 spiro atoms. The average molecular weight is 654 g/mol. The summed E-state index contributed by atoms with van der Waals surface area (Å²) in [5.41, 5.74) is 0.441. The van der Waals surface area contributed by atoms with Crippen LogP contribution in [0.2, 0.25) is 5.02 Å². The molecule has 1 aromatic rings. The molecule has 0 unspecified atom stereocenters. The summed E-state index contributed by atoms with van der Waals surface area (Å²) in [5, 5.41) is 22.0. The number of aromatic hydroxyl groups is 1. The molecule has 3 nitrogen and oxygen atoms in total. The zero-order valence-corrected chi connectivity index (χ0v) is 27.1. The lowest BCUT2D eigenvalue weighted by Crippen LogP contribution is -2.55. The van der Waals surface area contributed by atoms with Crippen LogP contribution >= 0.6 is 11.6 Å². The smallest absolute Gasteiger partial charge is 0.453 e. The van der Waals surface area contributed by atoms with Crippen LogP contribution < -0.4 is 0 Å². The predicted molar refractivity (Wildman–Crippen MR) is 162 cm³/mol. The second kappa shape index (κ2) is 13.9. The summed E-state index contributed by atoms with van der Waals surface area (Å²) >= 11 is 6.58. The summed E-state index contributed by atoms with van der Waals surface area (Å²) < 4.78 is 78.9. The highest BCUT2D eigenvalue weighted by atomic mass is 35.5. The number of rotatable bonds is 14. The minimum absolute atomic E-state index is 0.0357. The van der Waals surface area contributed by atoms with E-state index >= 15 is 4.39 Å². The van der Waals surface area contributed by atoms with Gasteiger partial charge in [-0.1, -0.05) is 56.7 Å². The van der Waals surface area contributed by atoms with Crippen LogP contribution in [0.15, 0.2) is 12.1 Å². The van der Waals surface area contributed by atoms with Gasteiger partial charge in [-0.2, -0.15) is 22.0 Å². The number of fused-ring (bicyclic) bond motifs is 5. The molecule has 2 N–H and O–H groups in total. The maximum atomic E-state index is 16.1. The van der Waals surface area contributed by atoms with E-state index in [0.717, 1.165) is 69.2 Å². The molecule has 0 aliphatic heterocycles. The van der Waals surface area contributed by atoms with E-state index in [0.29, 0.717) is 37.1 Å². The van der Waals surface area contributed by atoms with Gasteiger partial charge in [-0.25, -0.2) is 4.39 Å². The van der Waals surface area contributed by atoms with Crippen molar-refractivity contribution in [2.45, 2.75) is 134 Å². The number of nitrogens with zero attached hydrogens (tertiary/aromatic N) is 1. The summed E-state index contributed by atoms with van der Waals surface area (Å²) in [6, 6.07) is 3.44. The molecule has 252 valence electrons. The topological polar surface area (TPSA) is 43.7 Å². The molecular weight excluding hydrogens is 604 g/mol. The Labute approximate surface area is 263 Å². The molecule has 0 bridgehead atoms. The van der Waals surface area contributed by atoms with Crippen molar-refractivity contribution in [2.24, 2.45) is 23.2 Å². The first-order valence-corrected chi connectivity index (χ1v) is 16.9. The van der Waals surface area contributed by atoms with Crippen LogP contribution in [-0.2, 0) is 6.42 Å². The zero-order valence-electron chi connectivity index (χ0n) is 26.3. The third kappa shape index (κ3) is 7.35. The lowest BCUT2D eigenvalue weighted by Gasteiger charge is -2.56. The highest BCUT2D eigenvalue weighted by Crippen LogP contribution is 2.66. The van der Waals surface area contributed by atoms with Crippen LogP contribution in [0.1, 0.15) is 114 Å². The third-order valence-electron chi connectivity index (χ3n) is 11.6. The number of alkyl halides is 6. The fourth-order valence-electron chi connectivity index (χ4n) is 8.79. The molecular formula is C34H50ClF6NO2. The molecule has 0 radical (unpaired) electrons. The molecule has 1 aromatic carbocycles. The Bertz CT molecular complexity index is 1110. The molecule has 4 rings (SSSR count). The van der Waals surface area contributed by atoms with Crippen LogP contribution in [0.5, 0.6) is 5.75 Å². The minimum Gasteiger partial charge on any atom is -0.506 e. The zero-order chi connectivity index (χ0) is 32.5. The van der Waals surface area contributed by atoms with Crippen molar-refractivity contribution in [1.82, 2.24) is 4.90 Å². The highest BCUT2D eigenvalue weighted by molar-refractivity contribution is 6.32. The van der Waals surface area contributed by atoms with E-state index in [9.17, 15) is 32.2 Å². The summed E-state index contributed by atoms with van der Waals surface area (Å²) in [5.74, 6) is -4.27. The van der Waals surface area contributed by atoms with E-state index in [4.69, 9.17) is 11.6 Å². The van der Waals surface area contributed by atoms with Crippen molar-refractivity contribution >= 4 is 11.6 Å². The van der Waals surface area contributed by atoms with Crippen LogP contribution in [-0.4, -0.2) is 59.1 Å². The van der Waals surface area contributed by atoms with Crippen molar-refractivity contribution in [3.8, 4) is 5.75 Å². The Hall–Kier alpha value is -1.19. The summed E-state index contributed by atoms with van der Waals surface area (Å²) in [7, 11) is 2.04. The number of unbranched alkanes of at least 4 members (excludes halogenated alkanes) is 6. The normalized spacial score (nSPS) is 32.0. The molecule has 2 fully saturated rings. The molecule has 0 amide bonds. The van der Waals surface area contributed by atoms with E-state index in [1.54, 1.807) is 6.07 Å². The SMILES string of the molecule is CN(CCCCCCCC(F)(F)C(F)(F)F)CCCCC[C@@H]1Cc2c(ccc(O)c2Cl)[C@@H]2[C@@H]1[C@@H]1CC[C@@](C)(O)[C@@]1(C)C[C@@H]2F. The van der Waals surface area contributed by atoms with Gasteiger partial charge in [-0.3, -0.25) is 0 Å². The number of hydrogen-bond donors (Lipinski definition) is 2. The maximum Gasteiger partial charge on any atom is 0.453 e. The predicted octanol–water partition coefficient (Wildman–Crippen LogP) is 9.86. The van der Waals surface area contributed by atoms with Gasteiger partial charge in [0.1, 0.15) is 11.9 Å². The highest BCUT2D eigenvalue weighted by Gasteiger charge is 2.64. The molecule has 0 heterocycles. The number of benzene rings is 1. The van der Waals surface area contributed by atoms with Gasteiger partial charge in [0.05, 0.1) is 10.6 Å². The Morgan fingerprint density at radius 1 is 0.955 bits per heavy atom. The number of phenols is 1. The molecule has 0 saturated heterocycles. The summed E-state index contributed by atoms with van der Waals surface area (Å²) in [4.78, 5) is 2.23. The fraction of sp³-hybridized carbons (Fsp3) is 0.824. The first kappa shape index (κ1) is 35.7. The van der Waals surface area contributed by atoms with Crippen molar-refractivity contribution in [2.75, 3.05) is 20.1 Å². The van der Waals surface area contributed by atoms with Crippen molar-refractivity contribution in [1.29, 1.82) is 0 Å². The number of aliphatic hydroxyl groups is 1. The largest absolute Gasteiger partial charge is 0.506 e. The molecule has 7 atom stereocenters. The number of halogens is 7. The molecule has 2 saturated carbocycles. The molecule has 10 heteroatoms. The summed E-state index contributed by atoms with van der Waals surface area (Å²) in [6.45, 7) is 5.71. The Balaban J connectivity index is 1.24. The number of phenolic OH excluding ortho intramolecular Hbond substituents is 1. The third-order valence-corrected chi connectivity index (χ3v) is 12.0. The molecule has 44 heavy (non-hydrogen) atoms. The van der Waals surface area contributed by atoms with E-state index in [1.807, 2.05) is 20.0 Å². The van der Waals surface area contributed by atoms with Gasteiger partial charge >= 0.3 is 12.1 Å². The number of hydrogen-bond acceptors (Lipinski definition) is 3. The first-order chi connectivity index (χ1) is 20.5. The Morgan fingerprint density at radius 2 is 1.57 bits per heavy atom. The second-order valence-corrected chi connectivity index (χ2v) is 14.8. The van der Waals surface area contributed by atoms with Crippen molar-refractivity contribution in [3.63, 3.8) is 0 Å². The van der Waals surface area contributed by atoms with Crippen LogP contribution in [0.4, 0.5) is 26.3 Å². The maximum absolute atomic E-state index is 16.1. The second-order valence-electron chi connectivity index (χ2n) is 14.5. The lowest BCUT2D eigenvalue weighted by atomic mass is 9.50. The molecule has 0 aromatic heterocycles. The van der Waals surface area contributed by atoms with E-state index in [2.05, 4.69) is 11.8 Å². The van der Waals surface area contributed by atoms with E-state index in [-0.39, 0.29) is 35.8 Å². The van der Waals surface area contributed by atoms with Gasteiger partial charge in [0.15, 0.2) is 0 Å². The van der Waals surface area contributed by atoms with E-state index in [1.165, 1.54) is 0 Å². The van der Waals surface area contributed by atoms with Gasteiger partial charge < -0.3 is 15.1 Å². The minimum atomic E-state index is -5.47. The molecule has 3 aliphatic carbocycles. The Kier molecular flexibility index (Phi) is 11.3. The monoisotopic (exact) mass is 653 g/mol. The molecule has 3 aliphatic rings. The standard InChI is InChI=1S/C34H50ClF6NO2/c1-31-21-26(36)29-23-13-14-27(43)30(35)24(23)20-22(28(29)25(31)15-17-32(31,2)44)12-8-7-11-19-42(3)18-10-6-4-5-9-16-33(37,38)34(39,40)41/h13-14,22,25-26,28-29,43-44H,4-12,15-21H2,1-3H3/t22-,25+,26+,28+,29+,31+,32-/m1/s1. The summed E-state index contributed by atoms with van der Waals surface area (Å²) in [6.07, 6.45) is 1.42. The van der Waals surface area contributed by atoms with Crippen molar-refractivity contribution in [3.05, 3.63) is 28.3 Å². The van der Waals surface area contributed by atoms with Crippen LogP contribution in [0.3, 0.4) is 0 Å². The Morgan fingerprint density at radius 3 is 2.23 bits per heavy atom. The van der Waals surface area contributed by atoms with Gasteiger partial charge in [0.25, 0.3) is 0 Å².